The molecule has 3 rings (SSSR count). The van der Waals surface area contributed by atoms with Crippen LogP contribution in [0.1, 0.15) is 26.3 Å². The van der Waals surface area contributed by atoms with E-state index in [4.69, 9.17) is 0 Å². The summed E-state index contributed by atoms with van der Waals surface area (Å²) in [6, 6.07) is 6.07. The van der Waals surface area contributed by atoms with Gasteiger partial charge in [0.1, 0.15) is 5.69 Å². The van der Waals surface area contributed by atoms with Crippen molar-refractivity contribution in [2.45, 2.75) is 26.3 Å². The summed E-state index contributed by atoms with van der Waals surface area (Å²) in [5.74, 6) is 0.751. The molecule has 0 radical (unpaired) electrons. The van der Waals surface area contributed by atoms with Gasteiger partial charge >= 0.3 is 0 Å². The van der Waals surface area contributed by atoms with E-state index < -0.39 is 0 Å². The summed E-state index contributed by atoms with van der Waals surface area (Å²) in [5.41, 5.74) is 1.76. The van der Waals surface area contributed by atoms with Gasteiger partial charge in [-0.1, -0.05) is 18.2 Å². The third-order valence-corrected chi connectivity index (χ3v) is 3.32. The van der Waals surface area contributed by atoms with E-state index in [1.54, 1.807) is 10.9 Å². The third-order valence-electron chi connectivity index (χ3n) is 3.32. The van der Waals surface area contributed by atoms with Gasteiger partial charge in [0, 0.05) is 24.0 Å². The van der Waals surface area contributed by atoms with E-state index in [0.29, 0.717) is 6.04 Å². The summed E-state index contributed by atoms with van der Waals surface area (Å²) in [6.45, 7) is 4.28. The van der Waals surface area contributed by atoms with Crippen molar-refractivity contribution in [2.24, 2.45) is 0 Å². The van der Waals surface area contributed by atoms with Gasteiger partial charge < -0.3 is 0 Å². The normalized spacial score (nSPS) is 12.5. The molecule has 0 aliphatic rings. The molecular formula is C14H16N6. The van der Waals surface area contributed by atoms with Gasteiger partial charge in [-0.15, -0.1) is 5.10 Å². The summed E-state index contributed by atoms with van der Waals surface area (Å²) in [4.78, 5) is 4.24. The first-order chi connectivity index (χ1) is 9.78. The van der Waals surface area contributed by atoms with Crippen LogP contribution in [0.5, 0.6) is 0 Å². The quantitative estimate of drug-likeness (QED) is 0.729. The van der Waals surface area contributed by atoms with Crippen molar-refractivity contribution in [3.8, 4) is 17.1 Å². The lowest BCUT2D eigenvalue weighted by atomic mass is 10.2. The molecule has 0 N–H and O–H groups in total. The number of hydrogen-bond acceptors (Lipinski definition) is 4. The zero-order valence-corrected chi connectivity index (χ0v) is 11.5. The average Bonchev–Trinajstić information content (AvgIpc) is 3.16. The van der Waals surface area contributed by atoms with E-state index in [-0.39, 0.29) is 0 Å². The Bertz CT molecular complexity index is 685. The van der Waals surface area contributed by atoms with Crippen LogP contribution in [0.2, 0.25) is 0 Å². The number of rotatable bonds is 4. The lowest BCUT2D eigenvalue weighted by molar-refractivity contribution is 0.478. The van der Waals surface area contributed by atoms with Crippen LogP contribution >= 0.6 is 0 Å². The highest BCUT2D eigenvalue weighted by Gasteiger charge is 2.10. The topological polar surface area (TPSA) is 61.4 Å². The van der Waals surface area contributed by atoms with Crippen molar-refractivity contribution in [2.75, 3.05) is 0 Å². The third kappa shape index (κ3) is 2.32. The maximum atomic E-state index is 4.37. The monoisotopic (exact) mass is 268 g/mol. The minimum atomic E-state index is 0.384. The molecule has 0 spiro atoms. The van der Waals surface area contributed by atoms with Crippen LogP contribution in [0.25, 0.3) is 17.1 Å². The maximum absolute atomic E-state index is 4.37. The molecule has 0 aromatic carbocycles. The first-order valence-electron chi connectivity index (χ1n) is 6.66. The second kappa shape index (κ2) is 5.24. The molecule has 1 unspecified atom stereocenters. The minimum Gasteiger partial charge on any atom is -0.269 e. The molecule has 3 aromatic heterocycles. The zero-order chi connectivity index (χ0) is 13.9. The fraction of sp³-hybridized carbons (Fsp3) is 0.286. The van der Waals surface area contributed by atoms with Gasteiger partial charge in [-0.05, 0) is 25.5 Å². The summed E-state index contributed by atoms with van der Waals surface area (Å²) in [5, 5.41) is 12.7. The van der Waals surface area contributed by atoms with E-state index in [1.165, 1.54) is 0 Å². The van der Waals surface area contributed by atoms with Crippen LogP contribution in [0.3, 0.4) is 0 Å². The standard InChI is InChI=1S/C14H16N6/c1-3-11(2)19-9-12(8-16-19)13-10-20(18-17-13)14-6-4-5-7-15-14/h4-11H,3H2,1-2H3. The Morgan fingerprint density at radius 2 is 2.15 bits per heavy atom. The van der Waals surface area contributed by atoms with E-state index >= 15 is 0 Å². The largest absolute Gasteiger partial charge is 0.269 e. The van der Waals surface area contributed by atoms with Crippen molar-refractivity contribution < 1.29 is 0 Å². The summed E-state index contributed by atoms with van der Waals surface area (Å²) in [7, 11) is 0. The van der Waals surface area contributed by atoms with Gasteiger partial charge in [0.25, 0.3) is 0 Å². The van der Waals surface area contributed by atoms with E-state index in [2.05, 4.69) is 34.2 Å². The molecule has 102 valence electrons. The molecule has 1 atom stereocenters. The molecule has 6 nitrogen and oxygen atoms in total. The minimum absolute atomic E-state index is 0.384. The SMILES string of the molecule is CCC(C)n1cc(-c2cn(-c3ccccn3)nn2)cn1. The molecule has 0 saturated heterocycles. The molecule has 0 amide bonds. The highest BCUT2D eigenvalue weighted by Crippen LogP contribution is 2.19. The number of nitrogens with zero attached hydrogens (tertiary/aromatic N) is 6. The van der Waals surface area contributed by atoms with E-state index in [1.807, 2.05) is 41.5 Å². The molecule has 3 heterocycles. The Balaban J connectivity index is 1.89. The van der Waals surface area contributed by atoms with Crippen LogP contribution in [0, 0.1) is 0 Å². The zero-order valence-electron chi connectivity index (χ0n) is 11.5. The first kappa shape index (κ1) is 12.5. The molecule has 0 aliphatic heterocycles. The predicted molar refractivity (Wildman–Crippen MR) is 75.4 cm³/mol. The second-order valence-corrected chi connectivity index (χ2v) is 4.70. The highest BCUT2D eigenvalue weighted by atomic mass is 15.4. The van der Waals surface area contributed by atoms with Crippen molar-refractivity contribution in [1.29, 1.82) is 0 Å². The van der Waals surface area contributed by atoms with E-state index in [9.17, 15) is 0 Å². The van der Waals surface area contributed by atoms with Gasteiger partial charge in [-0.25, -0.2) is 9.67 Å². The fourth-order valence-corrected chi connectivity index (χ4v) is 1.90. The van der Waals surface area contributed by atoms with Crippen LogP contribution in [0.4, 0.5) is 0 Å². The van der Waals surface area contributed by atoms with Crippen molar-refractivity contribution in [3.63, 3.8) is 0 Å². The van der Waals surface area contributed by atoms with Gasteiger partial charge in [-0.2, -0.15) is 5.10 Å². The van der Waals surface area contributed by atoms with Crippen LogP contribution in [0.15, 0.2) is 43.0 Å². The van der Waals surface area contributed by atoms with Crippen LogP contribution < -0.4 is 0 Å². The lowest BCUT2D eigenvalue weighted by Crippen LogP contribution is -2.03. The van der Waals surface area contributed by atoms with Crippen LogP contribution in [-0.2, 0) is 0 Å². The Morgan fingerprint density at radius 1 is 1.25 bits per heavy atom. The van der Waals surface area contributed by atoms with Crippen LogP contribution in [-0.4, -0.2) is 29.8 Å². The molecule has 20 heavy (non-hydrogen) atoms. The number of hydrogen-bond donors (Lipinski definition) is 0. The predicted octanol–water partition coefficient (Wildman–Crippen LogP) is 2.50. The summed E-state index contributed by atoms with van der Waals surface area (Å²) >= 11 is 0. The maximum Gasteiger partial charge on any atom is 0.155 e. The number of aromatic nitrogens is 6. The van der Waals surface area contributed by atoms with E-state index in [0.717, 1.165) is 23.5 Å². The van der Waals surface area contributed by atoms with Gasteiger partial charge in [0.05, 0.1) is 12.4 Å². The Morgan fingerprint density at radius 3 is 2.90 bits per heavy atom. The first-order valence-corrected chi connectivity index (χ1v) is 6.66. The second-order valence-electron chi connectivity index (χ2n) is 4.70. The molecule has 0 bridgehead atoms. The van der Waals surface area contributed by atoms with Crippen molar-refractivity contribution in [3.05, 3.63) is 43.0 Å². The van der Waals surface area contributed by atoms with Gasteiger partial charge in [-0.3, -0.25) is 4.68 Å². The van der Waals surface area contributed by atoms with Gasteiger partial charge in [0.2, 0.25) is 0 Å². The molecule has 6 heteroatoms. The fourth-order valence-electron chi connectivity index (χ4n) is 1.90. The van der Waals surface area contributed by atoms with Gasteiger partial charge in [0.15, 0.2) is 5.82 Å². The molecule has 0 fully saturated rings. The summed E-state index contributed by atoms with van der Waals surface area (Å²) < 4.78 is 3.62. The molecular weight excluding hydrogens is 252 g/mol. The average molecular weight is 268 g/mol. The Labute approximate surface area is 117 Å². The summed E-state index contributed by atoms with van der Waals surface area (Å²) in [6.07, 6.45) is 8.46. The van der Waals surface area contributed by atoms with Crippen molar-refractivity contribution >= 4 is 0 Å². The highest BCUT2D eigenvalue weighted by molar-refractivity contribution is 5.55. The molecule has 0 aliphatic carbocycles. The molecule has 3 aromatic rings. The smallest absolute Gasteiger partial charge is 0.155 e. The van der Waals surface area contributed by atoms with Crippen molar-refractivity contribution in [1.82, 2.24) is 29.8 Å². The number of pyridine rings is 1. The molecule has 0 saturated carbocycles. The Hall–Kier alpha value is -2.50. The lowest BCUT2D eigenvalue weighted by Gasteiger charge is -2.07. The Kier molecular flexibility index (Phi) is 3.28.